The Hall–Kier alpha value is -0.770. The first-order valence-corrected chi connectivity index (χ1v) is 8.54. The second-order valence-corrected chi connectivity index (χ2v) is 6.15. The van der Waals surface area contributed by atoms with E-state index in [1.807, 2.05) is 4.90 Å². The zero-order chi connectivity index (χ0) is 14.4. The Morgan fingerprint density at radius 3 is 2.45 bits per heavy atom. The number of likely N-dealkylation sites (tertiary alicyclic amines) is 1. The Bertz CT molecular complexity index is 298. The molecular weight excluding hydrogens is 250 g/mol. The van der Waals surface area contributed by atoms with Gasteiger partial charge in [0.05, 0.1) is 0 Å². The van der Waals surface area contributed by atoms with Gasteiger partial charge in [0.15, 0.2) is 0 Å². The molecule has 0 aromatic carbocycles. The van der Waals surface area contributed by atoms with Gasteiger partial charge in [0.25, 0.3) is 0 Å². The van der Waals surface area contributed by atoms with Crippen LogP contribution in [0.1, 0.15) is 52.4 Å². The van der Waals surface area contributed by atoms with Gasteiger partial charge >= 0.3 is 6.03 Å². The third-order valence-electron chi connectivity index (χ3n) is 5.01. The fourth-order valence-electron chi connectivity index (χ4n) is 3.77. The van der Waals surface area contributed by atoms with Gasteiger partial charge in [0.1, 0.15) is 0 Å². The molecule has 1 atom stereocenters. The number of hydrogen-bond donors (Lipinski definition) is 1. The Morgan fingerprint density at radius 2 is 1.80 bits per heavy atom. The summed E-state index contributed by atoms with van der Waals surface area (Å²) in [4.78, 5) is 17.0. The monoisotopic (exact) mass is 281 g/mol. The van der Waals surface area contributed by atoms with Crippen LogP contribution in [-0.4, -0.2) is 54.6 Å². The van der Waals surface area contributed by atoms with Gasteiger partial charge in [-0.2, -0.15) is 0 Å². The SMILES string of the molecule is CCN(CC)C(=O)N1CCCCCC1C1CCNCC1. The number of amides is 2. The van der Waals surface area contributed by atoms with Crippen molar-refractivity contribution in [2.75, 3.05) is 32.7 Å². The highest BCUT2D eigenvalue weighted by Crippen LogP contribution is 2.29. The van der Waals surface area contributed by atoms with Crippen LogP contribution in [-0.2, 0) is 0 Å². The molecule has 20 heavy (non-hydrogen) atoms. The summed E-state index contributed by atoms with van der Waals surface area (Å²) in [6.07, 6.45) is 7.41. The lowest BCUT2D eigenvalue weighted by Crippen LogP contribution is -2.51. The average molecular weight is 281 g/mol. The van der Waals surface area contributed by atoms with Crippen molar-refractivity contribution < 1.29 is 4.79 Å². The minimum atomic E-state index is 0.278. The molecule has 1 unspecified atom stereocenters. The highest BCUT2D eigenvalue weighted by Gasteiger charge is 2.33. The number of nitrogens with zero attached hydrogens (tertiary/aromatic N) is 2. The minimum Gasteiger partial charge on any atom is -0.325 e. The van der Waals surface area contributed by atoms with E-state index < -0.39 is 0 Å². The number of urea groups is 1. The molecule has 0 spiro atoms. The van der Waals surface area contributed by atoms with Crippen molar-refractivity contribution in [2.24, 2.45) is 5.92 Å². The quantitative estimate of drug-likeness (QED) is 0.863. The molecule has 0 aromatic heterocycles. The van der Waals surface area contributed by atoms with Crippen LogP contribution in [0.4, 0.5) is 4.79 Å². The lowest BCUT2D eigenvalue weighted by atomic mass is 9.87. The Balaban J connectivity index is 2.09. The van der Waals surface area contributed by atoms with E-state index in [9.17, 15) is 4.79 Å². The van der Waals surface area contributed by atoms with Crippen LogP contribution in [0, 0.1) is 5.92 Å². The minimum absolute atomic E-state index is 0.278. The van der Waals surface area contributed by atoms with Gasteiger partial charge in [-0.3, -0.25) is 0 Å². The zero-order valence-electron chi connectivity index (χ0n) is 13.2. The lowest BCUT2D eigenvalue weighted by Gasteiger charge is -2.40. The molecule has 2 heterocycles. The van der Waals surface area contributed by atoms with Crippen LogP contribution in [0.5, 0.6) is 0 Å². The molecule has 0 saturated carbocycles. The van der Waals surface area contributed by atoms with E-state index in [0.717, 1.165) is 32.7 Å². The summed E-state index contributed by atoms with van der Waals surface area (Å²) in [7, 11) is 0. The van der Waals surface area contributed by atoms with E-state index in [-0.39, 0.29) is 6.03 Å². The summed E-state index contributed by atoms with van der Waals surface area (Å²) in [5.41, 5.74) is 0. The zero-order valence-corrected chi connectivity index (χ0v) is 13.2. The van der Waals surface area contributed by atoms with E-state index in [2.05, 4.69) is 24.1 Å². The molecule has 0 radical (unpaired) electrons. The molecule has 0 aromatic rings. The molecule has 4 nitrogen and oxygen atoms in total. The van der Waals surface area contributed by atoms with E-state index in [4.69, 9.17) is 0 Å². The third-order valence-corrected chi connectivity index (χ3v) is 5.01. The molecule has 2 aliphatic heterocycles. The molecule has 1 N–H and O–H groups in total. The maximum atomic E-state index is 12.8. The van der Waals surface area contributed by atoms with Crippen molar-refractivity contribution in [2.45, 2.75) is 58.4 Å². The van der Waals surface area contributed by atoms with Gasteiger partial charge in [0.2, 0.25) is 0 Å². The first kappa shape index (κ1) is 15.6. The fraction of sp³-hybridized carbons (Fsp3) is 0.938. The normalized spacial score (nSPS) is 25.3. The van der Waals surface area contributed by atoms with E-state index >= 15 is 0 Å². The molecular formula is C16H31N3O. The topological polar surface area (TPSA) is 35.6 Å². The molecule has 2 saturated heterocycles. The summed E-state index contributed by atoms with van der Waals surface area (Å²) in [5, 5.41) is 3.44. The highest BCUT2D eigenvalue weighted by atomic mass is 16.2. The number of rotatable bonds is 3. The summed E-state index contributed by atoms with van der Waals surface area (Å²) >= 11 is 0. The molecule has 0 aliphatic carbocycles. The number of carbonyl (C=O) groups excluding carboxylic acids is 1. The van der Waals surface area contributed by atoms with Gasteiger partial charge in [0, 0.05) is 25.7 Å². The fourth-order valence-corrected chi connectivity index (χ4v) is 3.77. The molecule has 2 amide bonds. The molecule has 2 aliphatic rings. The van der Waals surface area contributed by atoms with Crippen molar-refractivity contribution >= 4 is 6.03 Å². The van der Waals surface area contributed by atoms with Crippen LogP contribution >= 0.6 is 0 Å². The second kappa shape index (κ2) is 7.87. The largest absolute Gasteiger partial charge is 0.325 e. The van der Waals surface area contributed by atoms with Crippen molar-refractivity contribution in [3.05, 3.63) is 0 Å². The number of piperidine rings is 1. The molecule has 2 fully saturated rings. The van der Waals surface area contributed by atoms with Crippen molar-refractivity contribution in [3.63, 3.8) is 0 Å². The van der Waals surface area contributed by atoms with Crippen LogP contribution in [0.15, 0.2) is 0 Å². The van der Waals surface area contributed by atoms with E-state index in [1.165, 1.54) is 38.5 Å². The smallest absolute Gasteiger partial charge is 0.320 e. The number of nitrogens with one attached hydrogen (secondary N) is 1. The second-order valence-electron chi connectivity index (χ2n) is 6.15. The maximum absolute atomic E-state index is 12.8. The number of carbonyl (C=O) groups is 1. The van der Waals surface area contributed by atoms with Gasteiger partial charge in [-0.25, -0.2) is 4.79 Å². The van der Waals surface area contributed by atoms with E-state index in [0.29, 0.717) is 12.0 Å². The van der Waals surface area contributed by atoms with Crippen LogP contribution in [0.25, 0.3) is 0 Å². The molecule has 116 valence electrons. The average Bonchev–Trinajstić information content (AvgIpc) is 2.75. The van der Waals surface area contributed by atoms with Crippen LogP contribution in [0.2, 0.25) is 0 Å². The van der Waals surface area contributed by atoms with E-state index in [1.54, 1.807) is 0 Å². The highest BCUT2D eigenvalue weighted by molar-refractivity contribution is 5.74. The predicted octanol–water partition coefficient (Wildman–Crippen LogP) is 2.69. The molecule has 0 bridgehead atoms. The lowest BCUT2D eigenvalue weighted by molar-refractivity contribution is 0.107. The van der Waals surface area contributed by atoms with Gasteiger partial charge in [-0.1, -0.05) is 12.8 Å². The van der Waals surface area contributed by atoms with Gasteiger partial charge in [-0.05, 0) is 58.5 Å². The Morgan fingerprint density at radius 1 is 1.10 bits per heavy atom. The predicted molar refractivity (Wildman–Crippen MR) is 82.9 cm³/mol. The Kier molecular flexibility index (Phi) is 6.14. The molecule has 4 heteroatoms. The van der Waals surface area contributed by atoms with Crippen molar-refractivity contribution in [3.8, 4) is 0 Å². The Labute approximate surface area is 123 Å². The van der Waals surface area contributed by atoms with Gasteiger partial charge in [-0.15, -0.1) is 0 Å². The summed E-state index contributed by atoms with van der Waals surface area (Å²) in [5.74, 6) is 0.703. The van der Waals surface area contributed by atoms with Crippen molar-refractivity contribution in [1.82, 2.24) is 15.1 Å². The summed E-state index contributed by atoms with van der Waals surface area (Å²) < 4.78 is 0. The first-order chi connectivity index (χ1) is 9.77. The number of hydrogen-bond acceptors (Lipinski definition) is 2. The summed E-state index contributed by atoms with van der Waals surface area (Å²) in [6, 6.07) is 0.758. The molecule has 2 rings (SSSR count). The summed E-state index contributed by atoms with van der Waals surface area (Å²) in [6.45, 7) is 9.01. The van der Waals surface area contributed by atoms with Crippen LogP contribution < -0.4 is 5.32 Å². The van der Waals surface area contributed by atoms with Gasteiger partial charge < -0.3 is 15.1 Å². The van der Waals surface area contributed by atoms with Crippen LogP contribution in [0.3, 0.4) is 0 Å². The first-order valence-electron chi connectivity index (χ1n) is 8.54. The standard InChI is InChI=1S/C16H31N3O/c1-3-18(4-2)16(20)19-13-7-5-6-8-15(19)14-9-11-17-12-10-14/h14-15,17H,3-13H2,1-2H3. The third kappa shape index (κ3) is 3.66. The maximum Gasteiger partial charge on any atom is 0.320 e. The van der Waals surface area contributed by atoms with Crippen molar-refractivity contribution in [1.29, 1.82) is 0 Å².